The minimum Gasteiger partial charge on any atom is -0.394 e. The molecule has 3 rings (SSSR count). The fourth-order valence-corrected chi connectivity index (χ4v) is 2.92. The number of hydrogen-bond donors (Lipinski definition) is 2. The lowest BCUT2D eigenvalue weighted by molar-refractivity contribution is -0.0464. The maximum absolute atomic E-state index is 12.7. The number of aromatic nitrogens is 5. The van der Waals surface area contributed by atoms with Crippen LogP contribution in [-0.4, -0.2) is 53.2 Å². The van der Waals surface area contributed by atoms with Gasteiger partial charge in [-0.15, -0.1) is 5.10 Å². The summed E-state index contributed by atoms with van der Waals surface area (Å²) in [7, 11) is 0. The Morgan fingerprint density at radius 1 is 1.35 bits per heavy atom. The molecule has 2 aromatic rings. The monoisotopic (exact) mass is 369 g/mol. The molecule has 10 nitrogen and oxygen atoms in total. The van der Waals surface area contributed by atoms with Crippen LogP contribution in [0.15, 0.2) is 22.0 Å². The molecule has 0 aliphatic carbocycles. The van der Waals surface area contributed by atoms with Crippen molar-refractivity contribution >= 4 is 0 Å². The van der Waals surface area contributed by atoms with Crippen LogP contribution in [0.4, 0.5) is 4.39 Å². The molecule has 0 amide bonds. The highest BCUT2D eigenvalue weighted by Gasteiger charge is 2.35. The summed E-state index contributed by atoms with van der Waals surface area (Å²) in [6.45, 7) is 0.644. The van der Waals surface area contributed by atoms with Crippen molar-refractivity contribution in [2.45, 2.75) is 51.5 Å². The van der Waals surface area contributed by atoms with E-state index >= 15 is 0 Å². The average Bonchev–Trinajstić information content (AvgIpc) is 3.24. The van der Waals surface area contributed by atoms with Crippen molar-refractivity contribution in [3.8, 4) is 0 Å². The number of hydrogen-bond acceptors (Lipinski definition) is 7. The molecule has 1 saturated heterocycles. The first-order valence-electron chi connectivity index (χ1n) is 8.16. The van der Waals surface area contributed by atoms with Crippen LogP contribution < -0.4 is 11.2 Å². The molecule has 0 aromatic carbocycles. The van der Waals surface area contributed by atoms with Gasteiger partial charge >= 0.3 is 5.69 Å². The Morgan fingerprint density at radius 3 is 2.73 bits per heavy atom. The smallest absolute Gasteiger partial charge is 0.333 e. The summed E-state index contributed by atoms with van der Waals surface area (Å²) in [6.07, 6.45) is 0.473. The summed E-state index contributed by atoms with van der Waals surface area (Å²) in [4.78, 5) is 25.0. The van der Waals surface area contributed by atoms with E-state index in [1.54, 1.807) is 6.92 Å². The van der Waals surface area contributed by atoms with Gasteiger partial charge in [0.1, 0.15) is 24.7 Å². The topological polar surface area (TPSA) is 124 Å². The molecule has 2 aromatic heterocycles. The number of aliphatic hydroxyl groups excluding tert-OH is 2. The van der Waals surface area contributed by atoms with Crippen molar-refractivity contribution in [3.63, 3.8) is 0 Å². The maximum atomic E-state index is 12.7. The lowest BCUT2D eigenvalue weighted by Gasteiger charge is -2.17. The second-order valence-corrected chi connectivity index (χ2v) is 6.18. The Balaban J connectivity index is 1.87. The van der Waals surface area contributed by atoms with Crippen LogP contribution in [0.5, 0.6) is 0 Å². The molecular weight excluding hydrogens is 349 g/mol. The molecule has 0 unspecified atom stereocenters. The third kappa shape index (κ3) is 3.45. The van der Waals surface area contributed by atoms with E-state index in [0.717, 1.165) is 4.57 Å². The molecule has 0 radical (unpaired) electrons. The van der Waals surface area contributed by atoms with Gasteiger partial charge in [-0.2, -0.15) is 0 Å². The molecule has 3 heterocycles. The van der Waals surface area contributed by atoms with Crippen LogP contribution in [-0.2, 0) is 24.5 Å². The molecule has 0 bridgehead atoms. The number of alkyl halides is 1. The lowest BCUT2D eigenvalue weighted by Crippen LogP contribution is -2.42. The van der Waals surface area contributed by atoms with Gasteiger partial charge in [0.15, 0.2) is 0 Å². The zero-order valence-corrected chi connectivity index (χ0v) is 14.2. The van der Waals surface area contributed by atoms with E-state index < -0.39 is 36.4 Å². The van der Waals surface area contributed by atoms with Gasteiger partial charge in [-0.3, -0.25) is 18.6 Å². The maximum Gasteiger partial charge on any atom is 0.333 e. The van der Waals surface area contributed by atoms with E-state index in [-0.39, 0.29) is 31.8 Å². The van der Waals surface area contributed by atoms with Gasteiger partial charge < -0.3 is 14.9 Å². The summed E-state index contributed by atoms with van der Waals surface area (Å²) in [5.41, 5.74) is -0.544. The zero-order valence-electron chi connectivity index (χ0n) is 14.2. The van der Waals surface area contributed by atoms with Gasteiger partial charge in [-0.05, 0) is 6.92 Å². The third-order valence-corrected chi connectivity index (χ3v) is 4.34. The Kier molecular flexibility index (Phi) is 5.30. The van der Waals surface area contributed by atoms with E-state index in [2.05, 4.69) is 10.3 Å². The molecular formula is C15H20FN5O5. The quantitative estimate of drug-likeness (QED) is 0.650. The molecule has 0 saturated carbocycles. The van der Waals surface area contributed by atoms with Crippen LogP contribution >= 0.6 is 0 Å². The van der Waals surface area contributed by atoms with Gasteiger partial charge in [-0.1, -0.05) is 5.21 Å². The van der Waals surface area contributed by atoms with Crippen LogP contribution in [0.3, 0.4) is 0 Å². The molecule has 3 atom stereocenters. The van der Waals surface area contributed by atoms with E-state index in [9.17, 15) is 24.2 Å². The zero-order chi connectivity index (χ0) is 18.8. The van der Waals surface area contributed by atoms with Crippen molar-refractivity contribution < 1.29 is 19.3 Å². The Bertz CT molecular complexity index is 891. The molecule has 26 heavy (non-hydrogen) atoms. The van der Waals surface area contributed by atoms with Gasteiger partial charge in [-0.25, -0.2) is 9.18 Å². The number of aryl methyl sites for hydroxylation is 2. The first-order valence-corrected chi connectivity index (χ1v) is 8.16. The van der Waals surface area contributed by atoms with Crippen LogP contribution in [0.2, 0.25) is 0 Å². The predicted molar refractivity (Wildman–Crippen MR) is 86.2 cm³/mol. The van der Waals surface area contributed by atoms with Crippen molar-refractivity contribution in [1.29, 1.82) is 0 Å². The first kappa shape index (κ1) is 18.4. The molecule has 1 aliphatic rings. The van der Waals surface area contributed by atoms with Crippen LogP contribution in [0.25, 0.3) is 0 Å². The van der Waals surface area contributed by atoms with Crippen LogP contribution in [0, 0.1) is 6.92 Å². The fraction of sp³-hybridized carbons (Fsp3) is 0.600. The van der Waals surface area contributed by atoms with Gasteiger partial charge in [0.25, 0.3) is 5.56 Å². The first-order chi connectivity index (χ1) is 12.4. The van der Waals surface area contributed by atoms with Crippen LogP contribution in [0.1, 0.15) is 23.9 Å². The molecule has 0 spiro atoms. The molecule has 1 fully saturated rings. The normalized spacial score (nSPS) is 22.8. The molecule has 142 valence electrons. The third-order valence-electron chi connectivity index (χ3n) is 4.34. The Hall–Kier alpha value is -2.37. The van der Waals surface area contributed by atoms with E-state index in [1.165, 1.54) is 21.6 Å². The summed E-state index contributed by atoms with van der Waals surface area (Å²) < 4.78 is 21.7. The number of ether oxygens (including phenoxy) is 1. The van der Waals surface area contributed by atoms with Gasteiger partial charge in [0.05, 0.1) is 32.0 Å². The Morgan fingerprint density at radius 2 is 2.12 bits per heavy atom. The summed E-state index contributed by atoms with van der Waals surface area (Å²) in [5, 5.41) is 26.4. The van der Waals surface area contributed by atoms with Gasteiger partial charge in [0, 0.05) is 18.2 Å². The summed E-state index contributed by atoms with van der Waals surface area (Å²) in [6, 6.07) is 0. The Labute approximate surface area is 147 Å². The van der Waals surface area contributed by atoms with Crippen molar-refractivity contribution in [3.05, 3.63) is 44.5 Å². The average molecular weight is 369 g/mol. The predicted octanol–water partition coefficient (Wildman–Crippen LogP) is -1.28. The second-order valence-electron chi connectivity index (χ2n) is 6.18. The van der Waals surface area contributed by atoms with Crippen molar-refractivity contribution in [2.24, 2.45) is 0 Å². The highest BCUT2D eigenvalue weighted by molar-refractivity contribution is 5.04. The number of rotatable bonds is 6. The lowest BCUT2D eigenvalue weighted by atomic mass is 10.2. The largest absolute Gasteiger partial charge is 0.394 e. The minimum absolute atomic E-state index is 0.0210. The standard InChI is InChI=1S/C15H20FN5O5/c1-9-6-21(13-4-11(23)12(8-22)26-13)15(25)20(14(9)24)3-2-19-7-10(5-16)17-18-19/h6-7,11-13,22-23H,2-5,8H2,1H3/t11-,12-,13-/m0/s1. The fourth-order valence-electron chi connectivity index (χ4n) is 2.92. The summed E-state index contributed by atoms with van der Waals surface area (Å²) >= 11 is 0. The highest BCUT2D eigenvalue weighted by atomic mass is 19.1. The van der Waals surface area contributed by atoms with E-state index in [4.69, 9.17) is 4.74 Å². The van der Waals surface area contributed by atoms with E-state index in [1.807, 2.05) is 0 Å². The highest BCUT2D eigenvalue weighted by Crippen LogP contribution is 2.27. The minimum atomic E-state index is -0.896. The molecule has 1 aliphatic heterocycles. The number of nitrogens with zero attached hydrogens (tertiary/aromatic N) is 5. The van der Waals surface area contributed by atoms with Gasteiger partial charge in [0.2, 0.25) is 0 Å². The van der Waals surface area contributed by atoms with E-state index in [0.29, 0.717) is 5.56 Å². The van der Waals surface area contributed by atoms with Crippen molar-refractivity contribution in [2.75, 3.05) is 6.61 Å². The molecule has 11 heteroatoms. The second kappa shape index (κ2) is 7.48. The molecule has 2 N–H and O–H groups in total. The SMILES string of the molecule is Cc1cn([C@@H]2C[C@H](O)[C@H](CO)O2)c(=O)n(CCn2cc(CF)nn2)c1=O. The summed E-state index contributed by atoms with van der Waals surface area (Å²) in [5.74, 6) is 0. The number of halogens is 1. The van der Waals surface area contributed by atoms with Crippen molar-refractivity contribution in [1.82, 2.24) is 24.1 Å². The number of aliphatic hydroxyl groups is 2.